The van der Waals surface area contributed by atoms with Gasteiger partial charge in [-0.1, -0.05) is 62.6 Å². The molecule has 0 atom stereocenters. The SMILES string of the molecule is C=CCn1c(=NC(=O)c2cccc(Br)c2)sc2ccc(Cl)c(Cl)c21. The molecule has 3 aromatic rings. The Hall–Kier alpha value is -1.40. The summed E-state index contributed by atoms with van der Waals surface area (Å²) < 4.78 is 3.58. The van der Waals surface area contributed by atoms with E-state index in [4.69, 9.17) is 23.2 Å². The van der Waals surface area contributed by atoms with Gasteiger partial charge in [-0.25, -0.2) is 0 Å². The van der Waals surface area contributed by atoms with Crippen molar-refractivity contribution in [2.24, 2.45) is 4.99 Å². The molecule has 0 radical (unpaired) electrons. The molecule has 1 aromatic heterocycles. The molecule has 122 valence electrons. The number of allylic oxidation sites excluding steroid dienone is 1. The molecule has 0 unspecified atom stereocenters. The summed E-state index contributed by atoms with van der Waals surface area (Å²) in [7, 11) is 0. The zero-order valence-electron chi connectivity index (χ0n) is 12.3. The lowest BCUT2D eigenvalue weighted by Gasteiger charge is -2.04. The lowest BCUT2D eigenvalue weighted by molar-refractivity contribution is 0.0998. The van der Waals surface area contributed by atoms with Crippen LogP contribution in [0, 0.1) is 0 Å². The molecule has 3 nitrogen and oxygen atoms in total. The van der Waals surface area contributed by atoms with Crippen molar-refractivity contribution in [3.8, 4) is 0 Å². The number of carbonyl (C=O) groups is 1. The van der Waals surface area contributed by atoms with Gasteiger partial charge in [0.1, 0.15) is 0 Å². The Morgan fingerprint density at radius 1 is 1.33 bits per heavy atom. The van der Waals surface area contributed by atoms with Crippen LogP contribution in [0.3, 0.4) is 0 Å². The van der Waals surface area contributed by atoms with Crippen LogP contribution in [0.15, 0.2) is 58.5 Å². The highest BCUT2D eigenvalue weighted by Gasteiger charge is 2.13. The molecule has 1 heterocycles. The molecule has 0 bridgehead atoms. The molecule has 0 saturated carbocycles. The van der Waals surface area contributed by atoms with Gasteiger partial charge in [-0.05, 0) is 30.3 Å². The Morgan fingerprint density at radius 3 is 2.83 bits per heavy atom. The van der Waals surface area contributed by atoms with E-state index in [1.165, 1.54) is 11.3 Å². The summed E-state index contributed by atoms with van der Waals surface area (Å²) in [4.78, 5) is 17.3. The first-order valence-corrected chi connectivity index (χ1v) is 9.30. The van der Waals surface area contributed by atoms with Gasteiger partial charge in [-0.2, -0.15) is 4.99 Å². The lowest BCUT2D eigenvalue weighted by atomic mass is 10.2. The van der Waals surface area contributed by atoms with E-state index < -0.39 is 0 Å². The number of carbonyl (C=O) groups excluding carboxylic acids is 1. The van der Waals surface area contributed by atoms with E-state index >= 15 is 0 Å². The van der Waals surface area contributed by atoms with Crippen molar-refractivity contribution in [2.75, 3.05) is 0 Å². The first kappa shape index (κ1) is 17.4. The highest BCUT2D eigenvalue weighted by atomic mass is 79.9. The van der Waals surface area contributed by atoms with Crippen molar-refractivity contribution in [1.82, 2.24) is 4.57 Å². The zero-order valence-corrected chi connectivity index (χ0v) is 16.2. The number of rotatable bonds is 3. The van der Waals surface area contributed by atoms with Crippen LogP contribution in [0.25, 0.3) is 10.2 Å². The van der Waals surface area contributed by atoms with Crippen LogP contribution in [-0.2, 0) is 6.54 Å². The van der Waals surface area contributed by atoms with Crippen LogP contribution < -0.4 is 4.80 Å². The molecule has 0 aliphatic carbocycles. The van der Waals surface area contributed by atoms with Gasteiger partial charge in [0.25, 0.3) is 5.91 Å². The average Bonchev–Trinajstić information content (AvgIpc) is 2.90. The fourth-order valence-corrected chi connectivity index (χ4v) is 4.18. The summed E-state index contributed by atoms with van der Waals surface area (Å²) in [6, 6.07) is 10.7. The monoisotopic (exact) mass is 440 g/mol. The van der Waals surface area contributed by atoms with E-state index in [1.807, 2.05) is 16.7 Å². The maximum absolute atomic E-state index is 12.5. The molecule has 0 spiro atoms. The van der Waals surface area contributed by atoms with Gasteiger partial charge >= 0.3 is 0 Å². The molecule has 0 aliphatic heterocycles. The van der Waals surface area contributed by atoms with Crippen LogP contribution >= 0.6 is 50.5 Å². The normalized spacial score (nSPS) is 11.9. The second-order valence-corrected chi connectivity index (χ2v) is 7.63. The molecular weight excluding hydrogens is 431 g/mol. The third-order valence-corrected chi connectivity index (χ3v) is 5.65. The van der Waals surface area contributed by atoms with Crippen molar-refractivity contribution in [3.05, 3.63) is 73.9 Å². The molecule has 7 heteroatoms. The third kappa shape index (κ3) is 3.35. The van der Waals surface area contributed by atoms with Crippen molar-refractivity contribution >= 4 is 66.6 Å². The molecule has 24 heavy (non-hydrogen) atoms. The Morgan fingerprint density at radius 2 is 2.12 bits per heavy atom. The average molecular weight is 442 g/mol. The highest BCUT2D eigenvalue weighted by Crippen LogP contribution is 2.32. The first-order valence-electron chi connectivity index (χ1n) is 6.94. The second-order valence-electron chi connectivity index (χ2n) is 4.92. The number of fused-ring (bicyclic) bond motifs is 1. The molecule has 1 amide bonds. The molecule has 3 rings (SSSR count). The van der Waals surface area contributed by atoms with Crippen molar-refractivity contribution in [3.63, 3.8) is 0 Å². The Kier molecular flexibility index (Phi) is 5.25. The smallest absolute Gasteiger partial charge is 0.279 e. The maximum Gasteiger partial charge on any atom is 0.279 e. The molecule has 0 saturated heterocycles. The molecule has 2 aromatic carbocycles. The fraction of sp³-hybridized carbons (Fsp3) is 0.0588. The molecule has 0 N–H and O–H groups in total. The van der Waals surface area contributed by atoms with Crippen molar-refractivity contribution in [1.29, 1.82) is 0 Å². The van der Waals surface area contributed by atoms with E-state index in [0.29, 0.717) is 27.0 Å². The number of benzene rings is 2. The topological polar surface area (TPSA) is 34.4 Å². The van der Waals surface area contributed by atoms with Crippen LogP contribution in [0.2, 0.25) is 10.0 Å². The summed E-state index contributed by atoms with van der Waals surface area (Å²) >= 11 is 17.2. The Balaban J connectivity index is 2.21. The summed E-state index contributed by atoms with van der Waals surface area (Å²) in [5, 5.41) is 0.910. The van der Waals surface area contributed by atoms with Gasteiger partial charge in [0.05, 0.1) is 20.3 Å². The predicted octanol–water partition coefficient (Wildman–Crippen LogP) is 5.70. The number of hydrogen-bond donors (Lipinski definition) is 0. The van der Waals surface area contributed by atoms with Crippen LogP contribution in [0.5, 0.6) is 0 Å². The van der Waals surface area contributed by atoms with Crippen LogP contribution in [0.4, 0.5) is 0 Å². The van der Waals surface area contributed by atoms with Gasteiger partial charge in [0.2, 0.25) is 0 Å². The minimum absolute atomic E-state index is 0.317. The minimum atomic E-state index is -0.317. The molecular formula is C17H11BrCl2N2OS. The van der Waals surface area contributed by atoms with E-state index in [-0.39, 0.29) is 5.91 Å². The van der Waals surface area contributed by atoms with E-state index in [0.717, 1.165) is 14.7 Å². The number of nitrogens with zero attached hydrogens (tertiary/aromatic N) is 2. The minimum Gasteiger partial charge on any atom is -0.311 e. The molecule has 0 fully saturated rings. The number of aromatic nitrogens is 1. The predicted molar refractivity (Wildman–Crippen MR) is 104 cm³/mol. The van der Waals surface area contributed by atoms with E-state index in [9.17, 15) is 4.79 Å². The quantitative estimate of drug-likeness (QED) is 0.480. The summed E-state index contributed by atoms with van der Waals surface area (Å²) in [5.74, 6) is -0.317. The highest BCUT2D eigenvalue weighted by molar-refractivity contribution is 9.10. The Bertz CT molecular complexity index is 1020. The standard InChI is InChI=1S/C17H11BrCl2N2OS/c1-2-8-22-15-13(7-6-12(19)14(15)20)24-17(22)21-16(23)10-4-3-5-11(18)9-10/h2-7,9H,1,8H2. The fourth-order valence-electron chi connectivity index (χ4n) is 2.26. The van der Waals surface area contributed by atoms with Crippen LogP contribution in [0.1, 0.15) is 10.4 Å². The van der Waals surface area contributed by atoms with Gasteiger partial charge in [0.15, 0.2) is 4.80 Å². The van der Waals surface area contributed by atoms with Crippen molar-refractivity contribution < 1.29 is 4.79 Å². The van der Waals surface area contributed by atoms with Gasteiger partial charge in [0, 0.05) is 16.6 Å². The van der Waals surface area contributed by atoms with Crippen molar-refractivity contribution in [2.45, 2.75) is 6.54 Å². The van der Waals surface area contributed by atoms with E-state index in [2.05, 4.69) is 27.5 Å². The van der Waals surface area contributed by atoms with Gasteiger partial charge in [-0.3, -0.25) is 4.79 Å². The number of halogens is 3. The largest absolute Gasteiger partial charge is 0.311 e. The zero-order chi connectivity index (χ0) is 17.3. The van der Waals surface area contributed by atoms with Gasteiger partial charge < -0.3 is 4.57 Å². The number of hydrogen-bond acceptors (Lipinski definition) is 2. The van der Waals surface area contributed by atoms with Gasteiger partial charge in [-0.15, -0.1) is 6.58 Å². The first-order chi connectivity index (χ1) is 11.5. The second kappa shape index (κ2) is 7.23. The number of amides is 1. The molecule has 0 aliphatic rings. The third-order valence-electron chi connectivity index (χ3n) is 3.31. The Labute approximate surface area is 161 Å². The maximum atomic E-state index is 12.5. The summed E-state index contributed by atoms with van der Waals surface area (Å²) in [6.45, 7) is 4.24. The van der Waals surface area contributed by atoms with Crippen LogP contribution in [-0.4, -0.2) is 10.5 Å². The summed E-state index contributed by atoms with van der Waals surface area (Å²) in [6.07, 6.45) is 1.73. The number of thiazole rings is 1. The lowest BCUT2D eigenvalue weighted by Crippen LogP contribution is -2.16. The van der Waals surface area contributed by atoms with E-state index in [1.54, 1.807) is 30.3 Å². The summed E-state index contributed by atoms with van der Waals surface area (Å²) in [5.41, 5.74) is 1.27.